The van der Waals surface area contributed by atoms with Crippen LogP contribution in [0.2, 0.25) is 0 Å². The van der Waals surface area contributed by atoms with Crippen LogP contribution in [-0.2, 0) is 13.0 Å². The van der Waals surface area contributed by atoms with E-state index >= 15 is 0 Å². The van der Waals surface area contributed by atoms with Crippen molar-refractivity contribution < 1.29 is 0 Å². The highest BCUT2D eigenvalue weighted by Crippen LogP contribution is 2.11. The molecule has 2 heterocycles. The molecular formula is C16H24N4O. The van der Waals surface area contributed by atoms with Crippen molar-refractivity contribution in [2.75, 3.05) is 13.6 Å². The number of hydrogen-bond acceptors (Lipinski definition) is 3. The first-order valence-electron chi connectivity index (χ1n) is 7.27. The summed E-state index contributed by atoms with van der Waals surface area (Å²) in [6.07, 6.45) is 2.75. The maximum Gasteiger partial charge on any atom is 0.187 e. The zero-order valence-electron chi connectivity index (χ0n) is 13.5. The van der Waals surface area contributed by atoms with Crippen LogP contribution in [0.15, 0.2) is 11.0 Å². The summed E-state index contributed by atoms with van der Waals surface area (Å²) in [4.78, 5) is 17.4. The lowest BCUT2D eigenvalue weighted by molar-refractivity contribution is 0.326. The molecule has 2 aromatic heterocycles. The van der Waals surface area contributed by atoms with E-state index < -0.39 is 0 Å². The Bertz CT molecular complexity index is 665. The Morgan fingerprint density at radius 1 is 1.24 bits per heavy atom. The molecule has 0 amide bonds. The summed E-state index contributed by atoms with van der Waals surface area (Å²) >= 11 is 0. The first-order chi connectivity index (χ1) is 9.90. The van der Waals surface area contributed by atoms with E-state index in [0.29, 0.717) is 0 Å². The number of nitrogens with one attached hydrogen (secondary N) is 2. The van der Waals surface area contributed by atoms with Crippen molar-refractivity contribution in [1.82, 2.24) is 20.1 Å². The van der Waals surface area contributed by atoms with Gasteiger partial charge in [0.05, 0.1) is 5.69 Å². The molecule has 0 unspecified atom stereocenters. The average molecular weight is 288 g/mol. The number of likely N-dealkylation sites (N-methyl/N-ethyl adjacent to an activating group) is 1. The standard InChI is InChI=1S/C16H24N4O/c1-10-8-17-15(11(2)16(10)21)9-20(5)7-6-14-12(3)18-19-13(14)4/h8H,6-7,9H2,1-5H3,(H,17,21)(H,18,19). The molecule has 2 aromatic rings. The van der Waals surface area contributed by atoms with E-state index in [-0.39, 0.29) is 5.43 Å². The maximum atomic E-state index is 12.0. The molecule has 0 saturated carbocycles. The topological polar surface area (TPSA) is 64.8 Å². The molecule has 21 heavy (non-hydrogen) atoms. The monoisotopic (exact) mass is 288 g/mol. The van der Waals surface area contributed by atoms with Gasteiger partial charge in [-0.15, -0.1) is 0 Å². The molecule has 0 aliphatic heterocycles. The molecule has 0 aliphatic rings. The summed E-state index contributed by atoms with van der Waals surface area (Å²) in [5.41, 5.74) is 6.21. The molecule has 2 rings (SSSR count). The number of pyridine rings is 1. The number of aryl methyl sites for hydroxylation is 3. The highest BCUT2D eigenvalue weighted by molar-refractivity contribution is 5.24. The van der Waals surface area contributed by atoms with Crippen LogP contribution in [0, 0.1) is 27.7 Å². The molecule has 0 aliphatic carbocycles. The lowest BCUT2D eigenvalue weighted by atomic mass is 10.1. The molecule has 0 atom stereocenters. The van der Waals surface area contributed by atoms with Crippen molar-refractivity contribution in [2.24, 2.45) is 0 Å². The van der Waals surface area contributed by atoms with Gasteiger partial charge >= 0.3 is 0 Å². The predicted octanol–water partition coefficient (Wildman–Crippen LogP) is 2.01. The average Bonchev–Trinajstić information content (AvgIpc) is 2.76. The Balaban J connectivity index is 2.01. The van der Waals surface area contributed by atoms with E-state index in [1.807, 2.05) is 20.8 Å². The van der Waals surface area contributed by atoms with Gasteiger partial charge in [-0.2, -0.15) is 5.10 Å². The van der Waals surface area contributed by atoms with Gasteiger partial charge in [-0.05, 0) is 46.7 Å². The van der Waals surface area contributed by atoms with Gasteiger partial charge in [0, 0.05) is 41.8 Å². The molecular weight excluding hydrogens is 264 g/mol. The van der Waals surface area contributed by atoms with Crippen LogP contribution in [-0.4, -0.2) is 33.7 Å². The third-order valence-electron chi connectivity index (χ3n) is 4.07. The zero-order valence-corrected chi connectivity index (χ0v) is 13.5. The first-order valence-corrected chi connectivity index (χ1v) is 7.27. The van der Waals surface area contributed by atoms with E-state index in [1.54, 1.807) is 6.20 Å². The van der Waals surface area contributed by atoms with Crippen LogP contribution in [0.5, 0.6) is 0 Å². The summed E-state index contributed by atoms with van der Waals surface area (Å²) in [7, 11) is 2.07. The number of rotatable bonds is 5. The maximum absolute atomic E-state index is 12.0. The lowest BCUT2D eigenvalue weighted by Gasteiger charge is -2.18. The Morgan fingerprint density at radius 2 is 1.95 bits per heavy atom. The summed E-state index contributed by atoms with van der Waals surface area (Å²) in [5.74, 6) is 0. The van der Waals surface area contributed by atoms with Crippen LogP contribution < -0.4 is 5.43 Å². The number of H-pyrrole nitrogens is 2. The molecule has 0 bridgehead atoms. The van der Waals surface area contributed by atoms with Gasteiger partial charge in [-0.25, -0.2) is 0 Å². The van der Waals surface area contributed by atoms with Crippen molar-refractivity contribution in [3.63, 3.8) is 0 Å². The first kappa shape index (κ1) is 15.5. The minimum Gasteiger partial charge on any atom is -0.363 e. The third-order valence-corrected chi connectivity index (χ3v) is 4.07. The molecule has 0 aromatic carbocycles. The molecule has 0 fully saturated rings. The van der Waals surface area contributed by atoms with Gasteiger partial charge in [-0.1, -0.05) is 0 Å². The van der Waals surface area contributed by atoms with E-state index in [9.17, 15) is 4.79 Å². The van der Waals surface area contributed by atoms with Gasteiger partial charge in [0.25, 0.3) is 0 Å². The second kappa shape index (κ2) is 6.26. The molecule has 114 valence electrons. The molecule has 5 heteroatoms. The highest BCUT2D eigenvalue weighted by atomic mass is 16.1. The van der Waals surface area contributed by atoms with Gasteiger partial charge in [0.15, 0.2) is 5.43 Å². The van der Waals surface area contributed by atoms with Crippen molar-refractivity contribution in [1.29, 1.82) is 0 Å². The van der Waals surface area contributed by atoms with Crippen molar-refractivity contribution in [2.45, 2.75) is 40.7 Å². The molecule has 2 N–H and O–H groups in total. The summed E-state index contributed by atoms with van der Waals surface area (Å²) in [6.45, 7) is 9.48. The van der Waals surface area contributed by atoms with E-state index in [2.05, 4.69) is 34.1 Å². The smallest absolute Gasteiger partial charge is 0.187 e. The van der Waals surface area contributed by atoms with Crippen LogP contribution in [0.4, 0.5) is 0 Å². The summed E-state index contributed by atoms with van der Waals surface area (Å²) < 4.78 is 0. The van der Waals surface area contributed by atoms with Crippen molar-refractivity contribution in [3.8, 4) is 0 Å². The number of aromatic nitrogens is 3. The predicted molar refractivity (Wildman–Crippen MR) is 84.6 cm³/mol. The van der Waals surface area contributed by atoms with Crippen LogP contribution in [0.25, 0.3) is 0 Å². The number of nitrogens with zero attached hydrogens (tertiary/aromatic N) is 2. The molecule has 5 nitrogen and oxygen atoms in total. The quantitative estimate of drug-likeness (QED) is 0.884. The lowest BCUT2D eigenvalue weighted by Crippen LogP contribution is -2.24. The number of aromatic amines is 2. The second-order valence-corrected chi connectivity index (χ2v) is 5.80. The fourth-order valence-corrected chi connectivity index (χ4v) is 2.56. The van der Waals surface area contributed by atoms with Crippen LogP contribution in [0.1, 0.15) is 33.8 Å². The Labute approximate surface area is 125 Å². The SMILES string of the molecule is Cc1n[nH]c(C)c1CCN(C)Cc1[nH]cc(C)c(=O)c1C. The van der Waals surface area contributed by atoms with Crippen LogP contribution in [0.3, 0.4) is 0 Å². The Morgan fingerprint density at radius 3 is 2.57 bits per heavy atom. The summed E-state index contributed by atoms with van der Waals surface area (Å²) in [5, 5.41) is 7.24. The zero-order chi connectivity index (χ0) is 15.6. The second-order valence-electron chi connectivity index (χ2n) is 5.80. The summed E-state index contributed by atoms with van der Waals surface area (Å²) in [6, 6.07) is 0. The van der Waals surface area contributed by atoms with Crippen LogP contribution >= 0.6 is 0 Å². The van der Waals surface area contributed by atoms with Crippen molar-refractivity contribution >= 4 is 0 Å². The fourth-order valence-electron chi connectivity index (χ4n) is 2.56. The van der Waals surface area contributed by atoms with Crippen molar-refractivity contribution in [3.05, 3.63) is 50.2 Å². The minimum atomic E-state index is 0.138. The Hall–Kier alpha value is -1.88. The van der Waals surface area contributed by atoms with Gasteiger partial charge in [-0.3, -0.25) is 9.89 Å². The fraction of sp³-hybridized carbons (Fsp3) is 0.500. The van der Waals surface area contributed by atoms with Gasteiger partial charge in [0.2, 0.25) is 0 Å². The van der Waals surface area contributed by atoms with E-state index in [1.165, 1.54) is 5.56 Å². The minimum absolute atomic E-state index is 0.138. The van der Waals surface area contributed by atoms with Gasteiger partial charge < -0.3 is 9.88 Å². The normalized spacial score (nSPS) is 11.3. The molecule has 0 spiro atoms. The highest BCUT2D eigenvalue weighted by Gasteiger charge is 2.10. The number of hydrogen-bond donors (Lipinski definition) is 2. The molecule has 0 saturated heterocycles. The van der Waals surface area contributed by atoms with Gasteiger partial charge in [0.1, 0.15) is 0 Å². The third kappa shape index (κ3) is 3.42. The van der Waals surface area contributed by atoms with E-state index in [0.717, 1.165) is 47.7 Å². The van der Waals surface area contributed by atoms with E-state index in [4.69, 9.17) is 0 Å². The largest absolute Gasteiger partial charge is 0.363 e. The molecule has 0 radical (unpaired) electrons. The Kier molecular flexibility index (Phi) is 4.63.